The predicted molar refractivity (Wildman–Crippen MR) is 96.8 cm³/mol. The van der Waals surface area contributed by atoms with Gasteiger partial charge in [-0.15, -0.1) is 0 Å². The van der Waals surface area contributed by atoms with Crippen molar-refractivity contribution < 1.29 is 0 Å². The van der Waals surface area contributed by atoms with Crippen molar-refractivity contribution in [2.24, 2.45) is 0 Å². The number of hydrogen-bond acceptors (Lipinski definition) is 0. The molecule has 0 N–H and O–H groups in total. The smallest absolute Gasteiger partial charge is 0.0491 e. The van der Waals surface area contributed by atoms with Crippen molar-refractivity contribution in [1.29, 1.82) is 0 Å². The summed E-state index contributed by atoms with van der Waals surface area (Å²) in [6.07, 6.45) is 0. The van der Waals surface area contributed by atoms with Crippen LogP contribution in [0.2, 0.25) is 10.0 Å². The van der Waals surface area contributed by atoms with Crippen LogP contribution in [0, 0.1) is 13.8 Å². The van der Waals surface area contributed by atoms with Crippen LogP contribution in [-0.2, 0) is 0 Å². The van der Waals surface area contributed by atoms with Gasteiger partial charge in [0.05, 0.1) is 0 Å². The normalized spacial score (nSPS) is 10.7. The van der Waals surface area contributed by atoms with Crippen LogP contribution in [0.3, 0.4) is 0 Å². The number of aryl methyl sites for hydroxylation is 2. The molecule has 0 atom stereocenters. The Balaban J connectivity index is 2.18. The third-order valence-electron chi connectivity index (χ3n) is 3.93. The number of halogens is 2. The van der Waals surface area contributed by atoms with E-state index in [1.807, 2.05) is 36.4 Å². The van der Waals surface area contributed by atoms with Crippen molar-refractivity contribution in [2.75, 3.05) is 0 Å². The summed E-state index contributed by atoms with van der Waals surface area (Å²) in [5.74, 6) is 0. The Kier molecular flexibility index (Phi) is 4.24. The number of hydrogen-bond donors (Lipinski definition) is 0. The lowest BCUT2D eigenvalue weighted by molar-refractivity contribution is 1.44. The summed E-state index contributed by atoms with van der Waals surface area (Å²) >= 11 is 13.1. The molecule has 0 fully saturated rings. The lowest BCUT2D eigenvalue weighted by atomic mass is 9.95. The van der Waals surface area contributed by atoms with Gasteiger partial charge in [0.2, 0.25) is 0 Å². The van der Waals surface area contributed by atoms with Gasteiger partial charge in [-0.25, -0.2) is 0 Å². The van der Waals surface area contributed by atoms with E-state index < -0.39 is 0 Å². The van der Waals surface area contributed by atoms with Crippen LogP contribution in [0.5, 0.6) is 0 Å². The molecule has 0 aliphatic carbocycles. The summed E-state index contributed by atoms with van der Waals surface area (Å²) < 4.78 is 0. The Bertz CT molecular complexity index is 764. The van der Waals surface area contributed by atoms with Crippen LogP contribution in [0.1, 0.15) is 11.1 Å². The van der Waals surface area contributed by atoms with Gasteiger partial charge in [-0.1, -0.05) is 71.7 Å². The molecule has 0 unspecified atom stereocenters. The average molecular weight is 327 g/mol. The SMILES string of the molecule is Cc1ccccc1-c1cc(Cl)c(-c2ccccc2C)cc1Cl. The third kappa shape index (κ3) is 2.77. The molecular weight excluding hydrogens is 311 g/mol. The molecule has 0 amide bonds. The van der Waals surface area contributed by atoms with Gasteiger partial charge < -0.3 is 0 Å². The highest BCUT2D eigenvalue weighted by Crippen LogP contribution is 2.39. The zero-order valence-electron chi connectivity index (χ0n) is 12.5. The summed E-state index contributed by atoms with van der Waals surface area (Å²) in [6, 6.07) is 20.3. The van der Waals surface area contributed by atoms with Crippen molar-refractivity contribution in [2.45, 2.75) is 13.8 Å². The van der Waals surface area contributed by atoms with Gasteiger partial charge in [-0.05, 0) is 48.2 Å². The quantitative estimate of drug-likeness (QED) is 0.478. The van der Waals surface area contributed by atoms with E-state index in [0.717, 1.165) is 32.3 Å². The molecule has 0 spiro atoms. The van der Waals surface area contributed by atoms with Crippen LogP contribution in [0.4, 0.5) is 0 Å². The maximum Gasteiger partial charge on any atom is 0.0491 e. The minimum atomic E-state index is 0.719. The van der Waals surface area contributed by atoms with Gasteiger partial charge in [0.25, 0.3) is 0 Å². The largest absolute Gasteiger partial charge is 0.0836 e. The third-order valence-corrected chi connectivity index (χ3v) is 4.55. The second-order valence-electron chi connectivity index (χ2n) is 5.44. The van der Waals surface area contributed by atoms with Gasteiger partial charge in [0, 0.05) is 21.2 Å². The first-order valence-electron chi connectivity index (χ1n) is 7.19. The minimum absolute atomic E-state index is 0.719. The molecule has 0 saturated carbocycles. The van der Waals surface area contributed by atoms with Crippen molar-refractivity contribution in [3.05, 3.63) is 81.8 Å². The average Bonchev–Trinajstić information content (AvgIpc) is 2.51. The van der Waals surface area contributed by atoms with Crippen LogP contribution in [0.25, 0.3) is 22.3 Å². The van der Waals surface area contributed by atoms with Gasteiger partial charge in [-0.3, -0.25) is 0 Å². The van der Waals surface area contributed by atoms with Crippen LogP contribution < -0.4 is 0 Å². The highest BCUT2D eigenvalue weighted by Gasteiger charge is 2.13. The van der Waals surface area contributed by atoms with Crippen LogP contribution >= 0.6 is 23.2 Å². The topological polar surface area (TPSA) is 0 Å². The molecule has 0 heterocycles. The lowest BCUT2D eigenvalue weighted by Crippen LogP contribution is -1.89. The van der Waals surface area contributed by atoms with E-state index in [1.54, 1.807) is 0 Å². The lowest BCUT2D eigenvalue weighted by Gasteiger charge is -2.13. The fourth-order valence-corrected chi connectivity index (χ4v) is 3.24. The van der Waals surface area contributed by atoms with Crippen molar-refractivity contribution in [3.63, 3.8) is 0 Å². The Morgan fingerprint density at radius 1 is 0.545 bits per heavy atom. The zero-order valence-corrected chi connectivity index (χ0v) is 14.0. The Morgan fingerprint density at radius 3 is 1.27 bits per heavy atom. The second kappa shape index (κ2) is 6.16. The van der Waals surface area contributed by atoms with Gasteiger partial charge >= 0.3 is 0 Å². The molecule has 110 valence electrons. The van der Waals surface area contributed by atoms with Gasteiger partial charge in [0.1, 0.15) is 0 Å². The first-order chi connectivity index (χ1) is 10.6. The van der Waals surface area contributed by atoms with E-state index in [4.69, 9.17) is 23.2 Å². The molecule has 0 bridgehead atoms. The predicted octanol–water partition coefficient (Wildman–Crippen LogP) is 6.94. The highest BCUT2D eigenvalue weighted by molar-refractivity contribution is 6.37. The molecule has 3 aromatic carbocycles. The summed E-state index contributed by atoms with van der Waals surface area (Å²) in [5, 5.41) is 1.44. The molecule has 0 saturated heterocycles. The first-order valence-corrected chi connectivity index (χ1v) is 7.94. The van der Waals surface area contributed by atoms with Crippen molar-refractivity contribution in [3.8, 4) is 22.3 Å². The fraction of sp³-hybridized carbons (Fsp3) is 0.100. The van der Waals surface area contributed by atoms with Crippen molar-refractivity contribution >= 4 is 23.2 Å². The molecular formula is C20H16Cl2. The standard InChI is InChI=1S/C20H16Cl2/c1-13-7-3-5-9-15(13)17-11-20(22)18(12-19(17)21)16-10-6-4-8-14(16)2/h3-12H,1-2H3. The van der Waals surface area contributed by atoms with E-state index in [1.165, 1.54) is 11.1 Å². The van der Waals surface area contributed by atoms with E-state index in [0.29, 0.717) is 0 Å². The second-order valence-corrected chi connectivity index (χ2v) is 6.26. The summed E-state index contributed by atoms with van der Waals surface area (Å²) in [7, 11) is 0. The number of benzene rings is 3. The van der Waals surface area contributed by atoms with E-state index in [-0.39, 0.29) is 0 Å². The number of rotatable bonds is 2. The van der Waals surface area contributed by atoms with Crippen LogP contribution in [-0.4, -0.2) is 0 Å². The van der Waals surface area contributed by atoms with Gasteiger partial charge in [-0.2, -0.15) is 0 Å². The summed E-state index contributed by atoms with van der Waals surface area (Å²) in [4.78, 5) is 0. The van der Waals surface area contributed by atoms with E-state index >= 15 is 0 Å². The molecule has 22 heavy (non-hydrogen) atoms. The Morgan fingerprint density at radius 2 is 0.909 bits per heavy atom. The summed E-state index contributed by atoms with van der Waals surface area (Å²) in [5.41, 5.74) is 6.55. The van der Waals surface area contributed by atoms with E-state index in [9.17, 15) is 0 Å². The molecule has 0 aromatic heterocycles. The minimum Gasteiger partial charge on any atom is -0.0836 e. The molecule has 0 aliphatic rings. The van der Waals surface area contributed by atoms with Gasteiger partial charge in [0.15, 0.2) is 0 Å². The maximum absolute atomic E-state index is 6.55. The summed E-state index contributed by atoms with van der Waals surface area (Å²) in [6.45, 7) is 4.16. The molecule has 2 heteroatoms. The molecule has 3 aromatic rings. The molecule has 0 aliphatic heterocycles. The monoisotopic (exact) mass is 326 g/mol. The Labute approximate surface area is 141 Å². The molecule has 0 radical (unpaired) electrons. The highest BCUT2D eigenvalue weighted by atomic mass is 35.5. The van der Waals surface area contributed by atoms with E-state index in [2.05, 4.69) is 38.1 Å². The Hall–Kier alpha value is -1.76. The van der Waals surface area contributed by atoms with Crippen molar-refractivity contribution in [1.82, 2.24) is 0 Å². The maximum atomic E-state index is 6.55. The zero-order chi connectivity index (χ0) is 15.7. The first kappa shape index (κ1) is 15.1. The molecule has 3 rings (SSSR count). The molecule has 0 nitrogen and oxygen atoms in total. The van der Waals surface area contributed by atoms with Crippen LogP contribution in [0.15, 0.2) is 60.7 Å². The fourth-order valence-electron chi connectivity index (χ4n) is 2.71.